The van der Waals surface area contributed by atoms with Gasteiger partial charge in [-0.05, 0) is 25.1 Å². The number of hydrogen-bond acceptors (Lipinski definition) is 6. The van der Waals surface area contributed by atoms with Gasteiger partial charge in [-0.15, -0.1) is 0 Å². The van der Waals surface area contributed by atoms with Crippen LogP contribution in [0.25, 0.3) is 0 Å². The molecule has 0 saturated carbocycles. The minimum Gasteiger partial charge on any atom is -0.484 e. The Bertz CT molecular complexity index is 603. The van der Waals surface area contributed by atoms with Gasteiger partial charge >= 0.3 is 0 Å². The fourth-order valence-electron chi connectivity index (χ4n) is 1.83. The standard InChI is InChI=1S/C13H13N3O3/c1-8(10-4-5-15-13(14)16-10)19-9-2-3-11-12(6-9)18-7-17-11/h2-6,8H,7H2,1H3,(H2,14,15,16). The van der Waals surface area contributed by atoms with Gasteiger partial charge in [0.15, 0.2) is 11.5 Å². The first kappa shape index (κ1) is 11.6. The quantitative estimate of drug-likeness (QED) is 0.907. The summed E-state index contributed by atoms with van der Waals surface area (Å²) in [5, 5.41) is 0. The molecule has 0 fully saturated rings. The second-order valence-corrected chi connectivity index (χ2v) is 4.11. The third-order valence-electron chi connectivity index (χ3n) is 2.77. The lowest BCUT2D eigenvalue weighted by Crippen LogP contribution is -2.07. The summed E-state index contributed by atoms with van der Waals surface area (Å²) in [5.41, 5.74) is 6.28. The van der Waals surface area contributed by atoms with E-state index in [9.17, 15) is 0 Å². The van der Waals surface area contributed by atoms with Crippen molar-refractivity contribution in [2.24, 2.45) is 0 Å². The van der Waals surface area contributed by atoms with E-state index in [2.05, 4.69) is 9.97 Å². The van der Waals surface area contributed by atoms with Crippen molar-refractivity contribution in [2.75, 3.05) is 12.5 Å². The average Bonchev–Trinajstić information content (AvgIpc) is 2.86. The third-order valence-corrected chi connectivity index (χ3v) is 2.77. The Hall–Kier alpha value is -2.50. The maximum absolute atomic E-state index is 5.80. The van der Waals surface area contributed by atoms with Gasteiger partial charge in [-0.25, -0.2) is 9.97 Å². The topological polar surface area (TPSA) is 79.5 Å². The molecule has 3 rings (SSSR count). The molecule has 1 unspecified atom stereocenters. The molecule has 0 saturated heterocycles. The molecule has 0 radical (unpaired) electrons. The Morgan fingerprint density at radius 3 is 2.95 bits per heavy atom. The van der Waals surface area contributed by atoms with Crippen LogP contribution >= 0.6 is 0 Å². The molecule has 2 heterocycles. The fourth-order valence-corrected chi connectivity index (χ4v) is 1.83. The minimum absolute atomic E-state index is 0.231. The van der Waals surface area contributed by atoms with Crippen LogP contribution in [-0.2, 0) is 0 Å². The van der Waals surface area contributed by atoms with Crippen molar-refractivity contribution in [3.63, 3.8) is 0 Å². The van der Waals surface area contributed by atoms with Gasteiger partial charge < -0.3 is 19.9 Å². The summed E-state index contributed by atoms with van der Waals surface area (Å²) in [7, 11) is 0. The van der Waals surface area contributed by atoms with E-state index in [-0.39, 0.29) is 18.8 Å². The SMILES string of the molecule is CC(Oc1ccc2c(c1)OCO2)c1ccnc(N)n1. The number of ether oxygens (including phenoxy) is 3. The molecule has 6 nitrogen and oxygen atoms in total. The van der Waals surface area contributed by atoms with Gasteiger partial charge in [-0.1, -0.05) is 0 Å². The van der Waals surface area contributed by atoms with E-state index in [1.807, 2.05) is 19.1 Å². The second kappa shape index (κ2) is 4.64. The first-order valence-corrected chi connectivity index (χ1v) is 5.87. The van der Waals surface area contributed by atoms with Crippen LogP contribution in [0.15, 0.2) is 30.5 Å². The molecule has 0 aliphatic carbocycles. The monoisotopic (exact) mass is 259 g/mol. The lowest BCUT2D eigenvalue weighted by atomic mass is 10.2. The molecular formula is C13H13N3O3. The van der Waals surface area contributed by atoms with Gasteiger partial charge in [0.25, 0.3) is 0 Å². The highest BCUT2D eigenvalue weighted by Gasteiger charge is 2.16. The summed E-state index contributed by atoms with van der Waals surface area (Å²) in [4.78, 5) is 7.98. The van der Waals surface area contributed by atoms with E-state index < -0.39 is 0 Å². The van der Waals surface area contributed by atoms with Crippen LogP contribution in [0.1, 0.15) is 18.7 Å². The summed E-state index contributed by atoms with van der Waals surface area (Å²) in [6.07, 6.45) is 1.38. The number of nitrogens with two attached hydrogens (primary N) is 1. The van der Waals surface area contributed by atoms with Gasteiger partial charge in [0.1, 0.15) is 11.9 Å². The number of nitrogens with zero attached hydrogens (tertiary/aromatic N) is 2. The highest BCUT2D eigenvalue weighted by molar-refractivity contribution is 5.47. The number of anilines is 1. The Morgan fingerprint density at radius 1 is 1.26 bits per heavy atom. The zero-order valence-electron chi connectivity index (χ0n) is 10.4. The van der Waals surface area contributed by atoms with Crippen LogP contribution in [-0.4, -0.2) is 16.8 Å². The summed E-state index contributed by atoms with van der Waals surface area (Å²) in [5.74, 6) is 2.34. The van der Waals surface area contributed by atoms with Crippen LogP contribution in [0.2, 0.25) is 0 Å². The van der Waals surface area contributed by atoms with Crippen LogP contribution in [0, 0.1) is 0 Å². The summed E-state index contributed by atoms with van der Waals surface area (Å²) in [6, 6.07) is 7.21. The van der Waals surface area contributed by atoms with Crippen LogP contribution < -0.4 is 19.9 Å². The highest BCUT2D eigenvalue weighted by Crippen LogP contribution is 2.36. The number of aromatic nitrogens is 2. The Labute approximate surface area is 110 Å². The molecular weight excluding hydrogens is 246 g/mol. The lowest BCUT2D eigenvalue weighted by molar-refractivity contribution is 0.173. The van der Waals surface area contributed by atoms with Crippen molar-refractivity contribution in [1.29, 1.82) is 0 Å². The third kappa shape index (κ3) is 2.37. The van der Waals surface area contributed by atoms with E-state index in [1.54, 1.807) is 18.3 Å². The van der Waals surface area contributed by atoms with Crippen molar-refractivity contribution >= 4 is 5.95 Å². The Morgan fingerprint density at radius 2 is 2.11 bits per heavy atom. The maximum Gasteiger partial charge on any atom is 0.231 e. The molecule has 1 aromatic carbocycles. The largest absolute Gasteiger partial charge is 0.484 e. The Kier molecular flexibility index (Phi) is 2.83. The summed E-state index contributed by atoms with van der Waals surface area (Å²) in [6.45, 7) is 2.14. The van der Waals surface area contributed by atoms with E-state index in [4.69, 9.17) is 19.9 Å². The molecule has 2 aromatic rings. The van der Waals surface area contributed by atoms with E-state index in [1.165, 1.54) is 0 Å². The average molecular weight is 259 g/mol. The smallest absolute Gasteiger partial charge is 0.231 e. The number of benzene rings is 1. The van der Waals surface area contributed by atoms with E-state index in [0.717, 1.165) is 11.4 Å². The van der Waals surface area contributed by atoms with Crippen molar-refractivity contribution in [3.8, 4) is 17.2 Å². The highest BCUT2D eigenvalue weighted by atomic mass is 16.7. The molecule has 1 aliphatic rings. The lowest BCUT2D eigenvalue weighted by Gasteiger charge is -2.14. The molecule has 1 aromatic heterocycles. The molecule has 1 atom stereocenters. The first-order chi connectivity index (χ1) is 9.22. The molecule has 98 valence electrons. The van der Waals surface area contributed by atoms with Gasteiger partial charge in [-0.2, -0.15) is 0 Å². The van der Waals surface area contributed by atoms with Crippen LogP contribution in [0.3, 0.4) is 0 Å². The molecule has 6 heteroatoms. The van der Waals surface area contributed by atoms with Crippen molar-refractivity contribution in [1.82, 2.24) is 9.97 Å². The molecule has 19 heavy (non-hydrogen) atoms. The maximum atomic E-state index is 5.80. The normalized spacial score (nSPS) is 14.2. The molecule has 0 amide bonds. The second-order valence-electron chi connectivity index (χ2n) is 4.11. The zero-order chi connectivity index (χ0) is 13.2. The van der Waals surface area contributed by atoms with Crippen molar-refractivity contribution in [2.45, 2.75) is 13.0 Å². The van der Waals surface area contributed by atoms with Crippen LogP contribution in [0.5, 0.6) is 17.2 Å². The minimum atomic E-state index is -0.231. The van der Waals surface area contributed by atoms with Crippen molar-refractivity contribution < 1.29 is 14.2 Å². The van der Waals surface area contributed by atoms with E-state index >= 15 is 0 Å². The van der Waals surface area contributed by atoms with Crippen molar-refractivity contribution in [3.05, 3.63) is 36.2 Å². The van der Waals surface area contributed by atoms with Gasteiger partial charge in [0, 0.05) is 12.3 Å². The molecule has 1 aliphatic heterocycles. The van der Waals surface area contributed by atoms with Gasteiger partial charge in [0.2, 0.25) is 12.7 Å². The number of fused-ring (bicyclic) bond motifs is 1. The zero-order valence-corrected chi connectivity index (χ0v) is 10.4. The fraction of sp³-hybridized carbons (Fsp3) is 0.231. The first-order valence-electron chi connectivity index (χ1n) is 5.87. The van der Waals surface area contributed by atoms with E-state index in [0.29, 0.717) is 11.5 Å². The predicted octanol–water partition coefficient (Wildman–Crippen LogP) is 1.93. The Balaban J connectivity index is 1.77. The predicted molar refractivity (Wildman–Crippen MR) is 68.1 cm³/mol. The summed E-state index contributed by atoms with van der Waals surface area (Å²) < 4.78 is 16.3. The molecule has 0 spiro atoms. The van der Waals surface area contributed by atoms with Gasteiger partial charge in [0.05, 0.1) is 5.69 Å². The number of hydrogen-bond donors (Lipinski definition) is 1. The number of rotatable bonds is 3. The van der Waals surface area contributed by atoms with Crippen LogP contribution in [0.4, 0.5) is 5.95 Å². The molecule has 2 N–H and O–H groups in total. The summed E-state index contributed by atoms with van der Waals surface area (Å²) >= 11 is 0. The number of nitrogen functional groups attached to an aromatic ring is 1. The van der Waals surface area contributed by atoms with Gasteiger partial charge in [-0.3, -0.25) is 0 Å². The molecule has 0 bridgehead atoms.